The molecule has 1 aromatic heterocycles. The maximum Gasteiger partial charge on any atom is 0.159 e. The summed E-state index contributed by atoms with van der Waals surface area (Å²) in [5, 5.41) is 3.35. The Hall–Kier alpha value is -1.52. The maximum absolute atomic E-state index is 13.2. The Labute approximate surface area is 123 Å². The third-order valence-corrected chi connectivity index (χ3v) is 3.44. The minimum atomic E-state index is -0.437. The molecule has 0 aliphatic carbocycles. The lowest BCUT2D eigenvalue weighted by Gasteiger charge is -2.11. The van der Waals surface area contributed by atoms with Crippen LogP contribution in [0.5, 0.6) is 0 Å². The van der Waals surface area contributed by atoms with Crippen molar-refractivity contribution in [2.45, 2.75) is 27.3 Å². The van der Waals surface area contributed by atoms with Crippen LogP contribution in [0.4, 0.5) is 4.39 Å². The molecular weight excluding hydrogens is 277 g/mol. The standard InChI is InChI=1S/C15H17ClFN3/c1-4-18-8-12-9(2)19-15(20-10(12)3)11-5-6-14(17)13(16)7-11/h5-7,18H,4,8H2,1-3H3. The number of aryl methyl sites for hydroxylation is 2. The first-order chi connectivity index (χ1) is 9.52. The number of rotatable bonds is 4. The number of hydrogen-bond donors (Lipinski definition) is 1. The van der Waals surface area contributed by atoms with Gasteiger partial charge in [-0.05, 0) is 38.6 Å². The molecule has 0 atom stereocenters. The molecule has 20 heavy (non-hydrogen) atoms. The van der Waals surface area contributed by atoms with Gasteiger partial charge < -0.3 is 5.32 Å². The van der Waals surface area contributed by atoms with E-state index in [1.807, 2.05) is 13.8 Å². The van der Waals surface area contributed by atoms with E-state index in [9.17, 15) is 4.39 Å². The van der Waals surface area contributed by atoms with Gasteiger partial charge in [0.2, 0.25) is 0 Å². The Bertz CT molecular complexity index is 606. The molecule has 2 aromatic rings. The van der Waals surface area contributed by atoms with Gasteiger partial charge in [0.25, 0.3) is 0 Å². The van der Waals surface area contributed by atoms with Crippen molar-refractivity contribution in [3.8, 4) is 11.4 Å². The van der Waals surface area contributed by atoms with E-state index in [0.29, 0.717) is 5.82 Å². The molecule has 0 aliphatic heterocycles. The van der Waals surface area contributed by atoms with Crippen LogP contribution < -0.4 is 5.32 Å². The average molecular weight is 294 g/mol. The van der Waals surface area contributed by atoms with Crippen LogP contribution in [0.1, 0.15) is 23.9 Å². The topological polar surface area (TPSA) is 37.8 Å². The summed E-state index contributed by atoms with van der Waals surface area (Å²) >= 11 is 5.80. The molecule has 3 nitrogen and oxygen atoms in total. The van der Waals surface area contributed by atoms with Gasteiger partial charge in [-0.15, -0.1) is 0 Å². The van der Waals surface area contributed by atoms with Crippen LogP contribution in [0.25, 0.3) is 11.4 Å². The largest absolute Gasteiger partial charge is 0.313 e. The van der Waals surface area contributed by atoms with Crippen LogP contribution in [0.2, 0.25) is 5.02 Å². The number of nitrogens with zero attached hydrogens (tertiary/aromatic N) is 2. The highest BCUT2D eigenvalue weighted by Gasteiger charge is 2.11. The minimum Gasteiger partial charge on any atom is -0.313 e. The lowest BCUT2D eigenvalue weighted by atomic mass is 10.1. The van der Waals surface area contributed by atoms with Crippen molar-refractivity contribution >= 4 is 11.6 Å². The first-order valence-electron chi connectivity index (χ1n) is 6.53. The van der Waals surface area contributed by atoms with Gasteiger partial charge in [-0.3, -0.25) is 0 Å². The summed E-state index contributed by atoms with van der Waals surface area (Å²) in [7, 11) is 0. The van der Waals surface area contributed by atoms with Crippen molar-refractivity contribution in [2.24, 2.45) is 0 Å². The van der Waals surface area contributed by atoms with E-state index in [2.05, 4.69) is 22.2 Å². The Balaban J connectivity index is 2.41. The molecule has 0 saturated heterocycles. The number of nitrogens with one attached hydrogen (secondary N) is 1. The van der Waals surface area contributed by atoms with Crippen molar-refractivity contribution in [3.05, 3.63) is 46.0 Å². The highest BCUT2D eigenvalue weighted by Crippen LogP contribution is 2.24. The van der Waals surface area contributed by atoms with Crippen LogP contribution >= 0.6 is 11.6 Å². The molecule has 0 unspecified atom stereocenters. The summed E-state index contributed by atoms with van der Waals surface area (Å²) in [4.78, 5) is 8.99. The highest BCUT2D eigenvalue weighted by molar-refractivity contribution is 6.31. The summed E-state index contributed by atoms with van der Waals surface area (Å²) in [6.07, 6.45) is 0. The molecule has 1 heterocycles. The smallest absolute Gasteiger partial charge is 0.159 e. The molecule has 1 aromatic carbocycles. The summed E-state index contributed by atoms with van der Waals surface area (Å²) < 4.78 is 13.2. The predicted octanol–water partition coefficient (Wildman–Crippen LogP) is 3.66. The Morgan fingerprint density at radius 2 is 1.85 bits per heavy atom. The Morgan fingerprint density at radius 3 is 2.40 bits per heavy atom. The third kappa shape index (κ3) is 3.14. The van der Waals surface area contributed by atoms with Crippen LogP contribution in [0, 0.1) is 19.7 Å². The Kier molecular flexibility index (Phi) is 4.68. The molecule has 1 N–H and O–H groups in total. The van der Waals surface area contributed by atoms with Gasteiger partial charge in [0.15, 0.2) is 5.82 Å². The zero-order valence-electron chi connectivity index (χ0n) is 11.8. The highest BCUT2D eigenvalue weighted by atomic mass is 35.5. The molecule has 0 bridgehead atoms. The second-order valence-corrected chi connectivity index (χ2v) is 5.01. The van der Waals surface area contributed by atoms with E-state index < -0.39 is 5.82 Å². The van der Waals surface area contributed by atoms with Crippen molar-refractivity contribution < 1.29 is 4.39 Å². The monoisotopic (exact) mass is 293 g/mol. The lowest BCUT2D eigenvalue weighted by molar-refractivity contribution is 0.628. The first-order valence-corrected chi connectivity index (χ1v) is 6.91. The van der Waals surface area contributed by atoms with Crippen molar-refractivity contribution in [1.29, 1.82) is 0 Å². The molecule has 0 saturated carbocycles. The van der Waals surface area contributed by atoms with Crippen LogP contribution in [0.3, 0.4) is 0 Å². The quantitative estimate of drug-likeness (QED) is 0.935. The fourth-order valence-corrected chi connectivity index (χ4v) is 2.19. The van der Waals surface area contributed by atoms with Crippen molar-refractivity contribution in [1.82, 2.24) is 15.3 Å². The normalized spacial score (nSPS) is 10.8. The van der Waals surface area contributed by atoms with E-state index in [1.165, 1.54) is 6.07 Å². The molecule has 106 valence electrons. The zero-order valence-corrected chi connectivity index (χ0v) is 12.6. The summed E-state index contributed by atoms with van der Waals surface area (Å²) in [6, 6.07) is 4.52. The zero-order chi connectivity index (χ0) is 14.7. The number of aromatic nitrogens is 2. The molecular formula is C15H17ClFN3. The molecule has 0 fully saturated rings. The summed E-state index contributed by atoms with van der Waals surface area (Å²) in [5.74, 6) is 0.134. The van der Waals surface area contributed by atoms with Crippen LogP contribution in [0.15, 0.2) is 18.2 Å². The summed E-state index contributed by atoms with van der Waals surface area (Å²) in [6.45, 7) is 7.61. The second-order valence-electron chi connectivity index (χ2n) is 4.61. The maximum atomic E-state index is 13.2. The van der Waals surface area contributed by atoms with Crippen molar-refractivity contribution in [3.63, 3.8) is 0 Å². The summed E-state index contributed by atoms with van der Waals surface area (Å²) in [5.41, 5.74) is 3.67. The molecule has 5 heteroatoms. The molecule has 2 rings (SSSR count). The van der Waals surface area contributed by atoms with Gasteiger partial charge in [-0.2, -0.15) is 0 Å². The predicted molar refractivity (Wildman–Crippen MR) is 79.3 cm³/mol. The molecule has 0 spiro atoms. The Morgan fingerprint density at radius 1 is 1.20 bits per heavy atom. The number of halogens is 2. The van der Waals surface area contributed by atoms with Crippen LogP contribution in [-0.4, -0.2) is 16.5 Å². The second kappa shape index (κ2) is 6.29. The van der Waals surface area contributed by atoms with Crippen LogP contribution in [-0.2, 0) is 6.54 Å². The fourth-order valence-electron chi connectivity index (χ4n) is 2.01. The van der Waals surface area contributed by atoms with E-state index in [0.717, 1.165) is 35.6 Å². The third-order valence-electron chi connectivity index (χ3n) is 3.15. The average Bonchev–Trinajstić information content (AvgIpc) is 2.41. The van der Waals surface area contributed by atoms with E-state index >= 15 is 0 Å². The minimum absolute atomic E-state index is 0.0816. The number of benzene rings is 1. The van der Waals surface area contributed by atoms with Gasteiger partial charge >= 0.3 is 0 Å². The van der Waals surface area contributed by atoms with Gasteiger partial charge in [0, 0.05) is 29.1 Å². The van der Waals surface area contributed by atoms with Gasteiger partial charge in [0.05, 0.1) is 5.02 Å². The number of hydrogen-bond acceptors (Lipinski definition) is 3. The van der Waals surface area contributed by atoms with Gasteiger partial charge in [-0.1, -0.05) is 18.5 Å². The van der Waals surface area contributed by atoms with E-state index in [4.69, 9.17) is 11.6 Å². The van der Waals surface area contributed by atoms with E-state index in [-0.39, 0.29) is 5.02 Å². The molecule has 0 aliphatic rings. The SMILES string of the molecule is CCNCc1c(C)nc(-c2ccc(F)c(Cl)c2)nc1C. The lowest BCUT2D eigenvalue weighted by Crippen LogP contribution is -2.15. The van der Waals surface area contributed by atoms with Crippen molar-refractivity contribution in [2.75, 3.05) is 6.54 Å². The molecule has 0 radical (unpaired) electrons. The fraction of sp³-hybridized carbons (Fsp3) is 0.333. The van der Waals surface area contributed by atoms with E-state index in [1.54, 1.807) is 12.1 Å². The molecule has 0 amide bonds. The first kappa shape index (κ1) is 14.9. The van der Waals surface area contributed by atoms with Gasteiger partial charge in [-0.25, -0.2) is 14.4 Å². The van der Waals surface area contributed by atoms with Gasteiger partial charge in [0.1, 0.15) is 5.82 Å².